The van der Waals surface area contributed by atoms with Crippen molar-refractivity contribution in [2.45, 2.75) is 15.5 Å². The molecular formula is C23H23N3O2S2. The number of likely N-dealkylation sites (N-methyl/N-ethyl adjacent to an activating group) is 1. The summed E-state index contributed by atoms with van der Waals surface area (Å²) in [6.07, 6.45) is 5.56. The van der Waals surface area contributed by atoms with E-state index in [0.29, 0.717) is 5.56 Å². The fraction of sp³-hybridized carbons (Fsp3) is 0.174. The molecule has 0 aliphatic heterocycles. The van der Waals surface area contributed by atoms with Crippen molar-refractivity contribution in [3.63, 3.8) is 0 Å². The van der Waals surface area contributed by atoms with Gasteiger partial charge in [-0.25, -0.2) is 0 Å². The van der Waals surface area contributed by atoms with Crippen LogP contribution in [0.4, 0.5) is 5.69 Å². The Morgan fingerprint density at radius 1 is 1.03 bits per heavy atom. The molecule has 0 saturated heterocycles. The van der Waals surface area contributed by atoms with Crippen LogP contribution in [0.1, 0.15) is 15.9 Å². The molecule has 30 heavy (non-hydrogen) atoms. The number of benzene rings is 2. The van der Waals surface area contributed by atoms with Crippen LogP contribution in [-0.2, 0) is 10.5 Å². The zero-order valence-corrected chi connectivity index (χ0v) is 18.5. The van der Waals surface area contributed by atoms with Crippen LogP contribution in [-0.4, -0.2) is 41.5 Å². The monoisotopic (exact) mass is 437 g/mol. The molecule has 1 N–H and O–H groups in total. The van der Waals surface area contributed by atoms with E-state index in [9.17, 15) is 9.59 Å². The minimum Gasteiger partial charge on any atom is -0.332 e. The number of hydrogen-bond acceptors (Lipinski definition) is 5. The molecule has 0 bridgehead atoms. The van der Waals surface area contributed by atoms with E-state index in [2.05, 4.69) is 10.3 Å². The quantitative estimate of drug-likeness (QED) is 0.513. The Bertz CT molecular complexity index is 995. The number of hydrogen-bond donors (Lipinski definition) is 1. The van der Waals surface area contributed by atoms with Crippen molar-refractivity contribution in [3.05, 3.63) is 84.2 Å². The molecule has 5 nitrogen and oxygen atoms in total. The highest BCUT2D eigenvalue weighted by Gasteiger charge is 2.16. The Morgan fingerprint density at radius 3 is 2.50 bits per heavy atom. The lowest BCUT2D eigenvalue weighted by Gasteiger charge is -2.17. The van der Waals surface area contributed by atoms with Gasteiger partial charge in [-0.05, 0) is 54.3 Å². The van der Waals surface area contributed by atoms with Crippen LogP contribution >= 0.6 is 23.5 Å². The van der Waals surface area contributed by atoms with Crippen LogP contribution in [0.5, 0.6) is 0 Å². The number of nitrogens with zero attached hydrogens (tertiary/aromatic N) is 2. The number of rotatable bonds is 8. The number of pyridine rings is 1. The number of para-hydroxylation sites is 1. The Balaban J connectivity index is 1.54. The third-order valence-electron chi connectivity index (χ3n) is 4.34. The molecule has 3 aromatic rings. The van der Waals surface area contributed by atoms with E-state index >= 15 is 0 Å². The number of carbonyl (C=O) groups excluding carboxylic acids is 2. The highest BCUT2D eigenvalue weighted by molar-refractivity contribution is 7.98. The molecule has 0 fully saturated rings. The van der Waals surface area contributed by atoms with Crippen molar-refractivity contribution in [1.29, 1.82) is 0 Å². The molecule has 2 aromatic carbocycles. The number of carbonyl (C=O) groups is 2. The fourth-order valence-electron chi connectivity index (χ4n) is 2.79. The second kappa shape index (κ2) is 10.8. The van der Waals surface area contributed by atoms with Gasteiger partial charge >= 0.3 is 0 Å². The molecule has 1 heterocycles. The summed E-state index contributed by atoms with van der Waals surface area (Å²) in [4.78, 5) is 32.7. The van der Waals surface area contributed by atoms with Gasteiger partial charge in [0.1, 0.15) is 0 Å². The average molecular weight is 438 g/mol. The highest BCUT2D eigenvalue weighted by Crippen LogP contribution is 2.25. The topological polar surface area (TPSA) is 62.3 Å². The van der Waals surface area contributed by atoms with Gasteiger partial charge in [-0.2, -0.15) is 0 Å². The highest BCUT2D eigenvalue weighted by atomic mass is 32.2. The minimum absolute atomic E-state index is 0.0148. The Labute approximate surface area is 185 Å². The lowest BCUT2D eigenvalue weighted by Crippen LogP contribution is -2.35. The summed E-state index contributed by atoms with van der Waals surface area (Å²) in [5.74, 6) is 0.404. The first-order chi connectivity index (χ1) is 14.6. The Morgan fingerprint density at radius 2 is 1.80 bits per heavy atom. The van der Waals surface area contributed by atoms with Crippen LogP contribution in [0.25, 0.3) is 0 Å². The summed E-state index contributed by atoms with van der Waals surface area (Å²) < 4.78 is 0. The van der Waals surface area contributed by atoms with E-state index in [1.165, 1.54) is 4.90 Å². The predicted octanol–water partition coefficient (Wildman–Crippen LogP) is 4.81. The molecule has 3 rings (SSSR count). The molecule has 0 aliphatic rings. The van der Waals surface area contributed by atoms with Crippen LogP contribution in [0.15, 0.2) is 82.8 Å². The zero-order chi connectivity index (χ0) is 21.3. The van der Waals surface area contributed by atoms with E-state index < -0.39 is 0 Å². The summed E-state index contributed by atoms with van der Waals surface area (Å²) in [5.41, 5.74) is 2.46. The Kier molecular flexibility index (Phi) is 7.93. The molecule has 1 aromatic heterocycles. The standard InChI is InChI=1S/C23H23N3O2S2/c1-26(15-22(27)25-20-7-3-4-8-21(20)29-2)23(28)18-9-11-19(12-10-18)30-16-17-6-5-13-24-14-17/h3-14H,15-16H2,1-2H3,(H,25,27). The molecule has 0 radical (unpaired) electrons. The third-order valence-corrected chi connectivity index (χ3v) is 6.22. The fourth-order valence-corrected chi connectivity index (χ4v) is 4.18. The normalized spacial score (nSPS) is 10.5. The second-order valence-electron chi connectivity index (χ2n) is 6.58. The van der Waals surface area contributed by atoms with E-state index in [0.717, 1.165) is 26.8 Å². The van der Waals surface area contributed by atoms with Crippen LogP contribution in [0.3, 0.4) is 0 Å². The molecule has 0 saturated carbocycles. The van der Waals surface area contributed by atoms with E-state index in [1.54, 1.807) is 48.9 Å². The summed E-state index contributed by atoms with van der Waals surface area (Å²) >= 11 is 3.25. The molecule has 0 spiro atoms. The molecule has 0 aliphatic carbocycles. The van der Waals surface area contributed by atoms with Crippen molar-refractivity contribution >= 4 is 41.0 Å². The molecule has 0 unspecified atom stereocenters. The van der Waals surface area contributed by atoms with Gasteiger partial charge in [0.2, 0.25) is 5.91 Å². The van der Waals surface area contributed by atoms with E-state index in [-0.39, 0.29) is 18.4 Å². The summed E-state index contributed by atoms with van der Waals surface area (Å²) in [5, 5.41) is 2.88. The maximum absolute atomic E-state index is 12.7. The SMILES string of the molecule is CSc1ccccc1NC(=O)CN(C)C(=O)c1ccc(SCc2cccnc2)cc1. The average Bonchev–Trinajstić information content (AvgIpc) is 2.78. The van der Waals surface area contributed by atoms with Crippen molar-refractivity contribution in [3.8, 4) is 0 Å². The van der Waals surface area contributed by atoms with E-state index in [1.807, 2.05) is 61.0 Å². The first kappa shape index (κ1) is 21.9. The van der Waals surface area contributed by atoms with Gasteiger partial charge in [-0.15, -0.1) is 23.5 Å². The van der Waals surface area contributed by atoms with Crippen LogP contribution in [0, 0.1) is 0 Å². The number of aromatic nitrogens is 1. The first-order valence-corrected chi connectivity index (χ1v) is 11.6. The number of nitrogens with one attached hydrogen (secondary N) is 1. The number of amides is 2. The number of anilines is 1. The molecule has 154 valence electrons. The van der Waals surface area contributed by atoms with Gasteiger partial charge in [-0.1, -0.05) is 18.2 Å². The first-order valence-electron chi connectivity index (χ1n) is 9.37. The van der Waals surface area contributed by atoms with Gasteiger partial charge in [-0.3, -0.25) is 14.6 Å². The zero-order valence-electron chi connectivity index (χ0n) is 16.9. The predicted molar refractivity (Wildman–Crippen MR) is 124 cm³/mol. The van der Waals surface area contributed by atoms with Crippen molar-refractivity contribution in [2.24, 2.45) is 0 Å². The van der Waals surface area contributed by atoms with Crippen molar-refractivity contribution in [1.82, 2.24) is 9.88 Å². The molecule has 7 heteroatoms. The largest absolute Gasteiger partial charge is 0.332 e. The summed E-state index contributed by atoms with van der Waals surface area (Å²) in [7, 11) is 1.63. The minimum atomic E-state index is -0.226. The third kappa shape index (κ3) is 6.11. The lowest BCUT2D eigenvalue weighted by molar-refractivity contribution is -0.116. The lowest BCUT2D eigenvalue weighted by atomic mass is 10.2. The summed E-state index contributed by atoms with van der Waals surface area (Å²) in [6.45, 7) is -0.0148. The maximum atomic E-state index is 12.7. The van der Waals surface area contributed by atoms with Gasteiger partial charge in [0, 0.05) is 40.5 Å². The van der Waals surface area contributed by atoms with Gasteiger partial charge in [0.25, 0.3) is 5.91 Å². The number of thioether (sulfide) groups is 2. The summed E-state index contributed by atoms with van der Waals surface area (Å²) in [6, 6.07) is 19.0. The molecule has 2 amide bonds. The van der Waals surface area contributed by atoms with Crippen LogP contribution in [0.2, 0.25) is 0 Å². The Hall–Kier alpha value is -2.77. The van der Waals surface area contributed by atoms with Gasteiger partial charge in [0.05, 0.1) is 12.2 Å². The second-order valence-corrected chi connectivity index (χ2v) is 8.48. The smallest absolute Gasteiger partial charge is 0.254 e. The van der Waals surface area contributed by atoms with Gasteiger partial charge < -0.3 is 10.2 Å². The molecule has 0 atom stereocenters. The van der Waals surface area contributed by atoms with Crippen molar-refractivity contribution in [2.75, 3.05) is 25.2 Å². The van der Waals surface area contributed by atoms with Crippen LogP contribution < -0.4 is 5.32 Å². The molecular weight excluding hydrogens is 414 g/mol. The maximum Gasteiger partial charge on any atom is 0.254 e. The van der Waals surface area contributed by atoms with Gasteiger partial charge in [0.15, 0.2) is 0 Å². The van der Waals surface area contributed by atoms with Crippen molar-refractivity contribution < 1.29 is 9.59 Å². The van der Waals surface area contributed by atoms with E-state index in [4.69, 9.17) is 0 Å².